The molecule has 0 bridgehead atoms. The van der Waals surface area contributed by atoms with Gasteiger partial charge in [-0.3, -0.25) is 4.79 Å². The van der Waals surface area contributed by atoms with E-state index in [9.17, 15) is 4.79 Å². The standard InChI is InChI=1S/C23H29N5OS/c1-14(2)18-10-8-11-19(15(3)4)22(18)24-21(29)13-30-23-25-26-27-28(23)20-12-7-9-16(5)17(20)6/h7-12,14-15H,13H2,1-6H3,(H,24,29). The Balaban J connectivity index is 1.78. The summed E-state index contributed by atoms with van der Waals surface area (Å²) in [5.41, 5.74) is 6.45. The van der Waals surface area contributed by atoms with Crippen molar-refractivity contribution < 1.29 is 4.79 Å². The summed E-state index contributed by atoms with van der Waals surface area (Å²) in [6.07, 6.45) is 0. The Morgan fingerprint density at radius 2 is 1.67 bits per heavy atom. The van der Waals surface area contributed by atoms with Gasteiger partial charge >= 0.3 is 0 Å². The summed E-state index contributed by atoms with van der Waals surface area (Å²) in [5.74, 6) is 0.812. The first-order valence-corrected chi connectivity index (χ1v) is 11.2. The fraction of sp³-hybridized carbons (Fsp3) is 0.391. The topological polar surface area (TPSA) is 72.7 Å². The van der Waals surface area contributed by atoms with E-state index in [1.54, 1.807) is 4.68 Å². The molecule has 1 N–H and O–H groups in total. The van der Waals surface area contributed by atoms with E-state index in [-0.39, 0.29) is 11.7 Å². The van der Waals surface area contributed by atoms with Gasteiger partial charge in [0.15, 0.2) is 0 Å². The van der Waals surface area contributed by atoms with Crippen LogP contribution >= 0.6 is 11.8 Å². The van der Waals surface area contributed by atoms with Crippen molar-refractivity contribution in [2.45, 2.75) is 58.5 Å². The number of rotatable bonds is 7. The Bertz CT molecular complexity index is 1020. The van der Waals surface area contributed by atoms with Crippen molar-refractivity contribution in [1.29, 1.82) is 0 Å². The van der Waals surface area contributed by atoms with Crippen LogP contribution in [0.2, 0.25) is 0 Å². The van der Waals surface area contributed by atoms with E-state index in [0.29, 0.717) is 17.0 Å². The van der Waals surface area contributed by atoms with Gasteiger partial charge in [0.05, 0.1) is 11.4 Å². The van der Waals surface area contributed by atoms with Crippen molar-refractivity contribution in [3.05, 3.63) is 58.7 Å². The van der Waals surface area contributed by atoms with Crippen molar-refractivity contribution in [1.82, 2.24) is 20.2 Å². The van der Waals surface area contributed by atoms with E-state index in [1.807, 2.05) is 19.1 Å². The number of hydrogen-bond acceptors (Lipinski definition) is 5. The summed E-state index contributed by atoms with van der Waals surface area (Å²) in [6.45, 7) is 12.7. The molecule has 7 heteroatoms. The minimum atomic E-state index is -0.0643. The van der Waals surface area contributed by atoms with Crippen molar-refractivity contribution in [3.8, 4) is 5.69 Å². The molecular formula is C23H29N5OS. The molecule has 0 spiro atoms. The number of para-hydroxylation sites is 1. The summed E-state index contributed by atoms with van der Waals surface area (Å²) < 4.78 is 1.70. The van der Waals surface area contributed by atoms with E-state index in [2.05, 4.69) is 79.7 Å². The van der Waals surface area contributed by atoms with Crippen LogP contribution < -0.4 is 5.32 Å². The predicted molar refractivity (Wildman–Crippen MR) is 123 cm³/mol. The second-order valence-electron chi connectivity index (χ2n) is 8.05. The monoisotopic (exact) mass is 423 g/mol. The first-order valence-electron chi connectivity index (χ1n) is 10.2. The van der Waals surface area contributed by atoms with Crippen LogP contribution in [0.25, 0.3) is 5.69 Å². The van der Waals surface area contributed by atoms with E-state index in [4.69, 9.17) is 0 Å². The highest BCUT2D eigenvalue weighted by Gasteiger charge is 2.18. The molecule has 0 atom stereocenters. The maximum absolute atomic E-state index is 12.8. The Hall–Kier alpha value is -2.67. The summed E-state index contributed by atoms with van der Waals surface area (Å²) in [5, 5.41) is 15.8. The minimum absolute atomic E-state index is 0.0643. The normalized spacial score (nSPS) is 11.3. The molecule has 0 fully saturated rings. The molecule has 1 amide bonds. The summed E-state index contributed by atoms with van der Waals surface area (Å²) in [6, 6.07) is 12.3. The molecule has 0 radical (unpaired) electrons. The Labute approximate surface area is 182 Å². The Morgan fingerprint density at radius 3 is 2.30 bits per heavy atom. The quantitative estimate of drug-likeness (QED) is 0.525. The van der Waals surface area contributed by atoms with Gasteiger partial charge in [0.25, 0.3) is 0 Å². The number of nitrogens with one attached hydrogen (secondary N) is 1. The number of anilines is 1. The fourth-order valence-electron chi connectivity index (χ4n) is 3.39. The number of thioether (sulfide) groups is 1. The van der Waals surface area contributed by atoms with E-state index < -0.39 is 0 Å². The van der Waals surface area contributed by atoms with E-state index in [1.165, 1.54) is 17.3 Å². The van der Waals surface area contributed by atoms with Crippen LogP contribution in [0.3, 0.4) is 0 Å². The lowest BCUT2D eigenvalue weighted by Gasteiger charge is -2.20. The largest absolute Gasteiger partial charge is 0.325 e. The van der Waals surface area contributed by atoms with Crippen LogP contribution in [0.15, 0.2) is 41.6 Å². The molecule has 1 heterocycles. The van der Waals surface area contributed by atoms with Gasteiger partial charge in [-0.1, -0.05) is 69.8 Å². The third-order valence-electron chi connectivity index (χ3n) is 5.21. The molecule has 0 aliphatic rings. The zero-order chi connectivity index (χ0) is 21.8. The van der Waals surface area contributed by atoms with Gasteiger partial charge in [-0.2, -0.15) is 4.68 Å². The summed E-state index contributed by atoms with van der Waals surface area (Å²) in [7, 11) is 0. The molecule has 6 nitrogen and oxygen atoms in total. The van der Waals surface area contributed by atoms with Crippen molar-refractivity contribution in [2.24, 2.45) is 0 Å². The molecule has 1 aromatic heterocycles. The lowest BCUT2D eigenvalue weighted by molar-refractivity contribution is -0.113. The molecule has 0 unspecified atom stereocenters. The molecule has 0 saturated heterocycles. The number of aromatic nitrogens is 4. The zero-order valence-electron chi connectivity index (χ0n) is 18.4. The molecule has 158 valence electrons. The number of amides is 1. The van der Waals surface area contributed by atoms with E-state index >= 15 is 0 Å². The minimum Gasteiger partial charge on any atom is -0.325 e. The third-order valence-corrected chi connectivity index (χ3v) is 6.13. The van der Waals surface area contributed by atoms with Crippen molar-refractivity contribution in [3.63, 3.8) is 0 Å². The maximum atomic E-state index is 12.8. The molecule has 2 aromatic carbocycles. The van der Waals surface area contributed by atoms with Gasteiger partial charge in [0, 0.05) is 5.69 Å². The summed E-state index contributed by atoms with van der Waals surface area (Å²) in [4.78, 5) is 12.8. The van der Waals surface area contributed by atoms with Crippen LogP contribution in [-0.4, -0.2) is 31.9 Å². The number of benzene rings is 2. The van der Waals surface area contributed by atoms with Crippen LogP contribution in [0.1, 0.15) is 61.8 Å². The molecule has 30 heavy (non-hydrogen) atoms. The number of nitrogens with zero attached hydrogens (tertiary/aromatic N) is 4. The molecule has 3 rings (SSSR count). The van der Waals surface area contributed by atoms with Gasteiger partial charge in [0.1, 0.15) is 0 Å². The first kappa shape index (κ1) is 22.0. The van der Waals surface area contributed by atoms with Gasteiger partial charge in [-0.05, 0) is 64.4 Å². The highest BCUT2D eigenvalue weighted by atomic mass is 32.2. The second-order valence-corrected chi connectivity index (χ2v) is 8.99. The molecule has 3 aromatic rings. The van der Waals surface area contributed by atoms with Gasteiger partial charge in [-0.25, -0.2) is 0 Å². The SMILES string of the molecule is Cc1cccc(-n2nnnc2SCC(=O)Nc2c(C(C)C)cccc2C(C)C)c1C. The highest BCUT2D eigenvalue weighted by Crippen LogP contribution is 2.32. The smallest absolute Gasteiger partial charge is 0.234 e. The number of carbonyl (C=O) groups is 1. The maximum Gasteiger partial charge on any atom is 0.234 e. The van der Waals surface area contributed by atoms with E-state index in [0.717, 1.165) is 28.1 Å². The second kappa shape index (κ2) is 9.43. The number of aryl methyl sites for hydroxylation is 1. The third kappa shape index (κ3) is 4.73. The van der Waals surface area contributed by atoms with Crippen LogP contribution in [-0.2, 0) is 4.79 Å². The summed E-state index contributed by atoms with van der Waals surface area (Å²) >= 11 is 1.33. The highest BCUT2D eigenvalue weighted by molar-refractivity contribution is 7.99. The number of tetrazole rings is 1. The predicted octanol–water partition coefficient (Wildman–Crippen LogP) is 5.26. The molecular weight excluding hydrogens is 394 g/mol. The van der Waals surface area contributed by atoms with Crippen LogP contribution in [0.4, 0.5) is 5.69 Å². The zero-order valence-corrected chi connectivity index (χ0v) is 19.2. The number of carbonyl (C=O) groups excluding carboxylic acids is 1. The van der Waals surface area contributed by atoms with Gasteiger partial charge < -0.3 is 5.32 Å². The van der Waals surface area contributed by atoms with Crippen molar-refractivity contribution >= 4 is 23.4 Å². The van der Waals surface area contributed by atoms with Crippen LogP contribution in [0, 0.1) is 13.8 Å². The van der Waals surface area contributed by atoms with Gasteiger partial charge in [-0.15, -0.1) is 5.10 Å². The lowest BCUT2D eigenvalue weighted by atomic mass is 9.92. The van der Waals surface area contributed by atoms with Crippen molar-refractivity contribution in [2.75, 3.05) is 11.1 Å². The molecule has 0 aliphatic heterocycles. The number of hydrogen-bond donors (Lipinski definition) is 1. The molecule has 0 aliphatic carbocycles. The Morgan fingerprint density at radius 1 is 1.03 bits per heavy atom. The lowest BCUT2D eigenvalue weighted by Crippen LogP contribution is -2.18. The molecule has 0 saturated carbocycles. The fourth-order valence-corrected chi connectivity index (χ4v) is 4.07. The first-order chi connectivity index (χ1) is 14.3. The van der Waals surface area contributed by atoms with Crippen LogP contribution in [0.5, 0.6) is 0 Å². The average molecular weight is 424 g/mol. The average Bonchev–Trinajstić information content (AvgIpc) is 3.16. The van der Waals surface area contributed by atoms with Gasteiger partial charge in [0.2, 0.25) is 11.1 Å². The Kier molecular flexibility index (Phi) is 6.92.